The minimum Gasteiger partial charge on any atom is -0.477 e. The molecule has 3 heterocycles. The maximum absolute atomic E-state index is 12.9. The lowest BCUT2D eigenvalue weighted by molar-refractivity contribution is 0.0485. The van der Waals surface area contributed by atoms with Gasteiger partial charge in [0.1, 0.15) is 11.6 Å². The third-order valence-corrected chi connectivity index (χ3v) is 4.05. The standard InChI is InChI=1S/C16H21N5O3/c1-4-23-14-12(6-5-7-17-14)16(22)21-9-8-20(3)13(10-21)15-18-11(2)19-24-15/h5-7,13H,4,8-10H2,1-3H3/t13-/m0/s1. The zero-order chi connectivity index (χ0) is 17.1. The number of carbonyl (C=O) groups excluding carboxylic acids is 1. The van der Waals surface area contributed by atoms with Crippen molar-refractivity contribution in [3.05, 3.63) is 35.6 Å². The minimum absolute atomic E-state index is 0.0964. The number of pyridine rings is 1. The van der Waals surface area contributed by atoms with Gasteiger partial charge in [0, 0.05) is 25.8 Å². The number of aromatic nitrogens is 3. The molecule has 1 aliphatic heterocycles. The summed E-state index contributed by atoms with van der Waals surface area (Å²) < 4.78 is 10.8. The van der Waals surface area contributed by atoms with Crippen LogP contribution < -0.4 is 4.74 Å². The van der Waals surface area contributed by atoms with E-state index in [1.165, 1.54) is 0 Å². The quantitative estimate of drug-likeness (QED) is 0.835. The Kier molecular flexibility index (Phi) is 4.75. The number of aryl methyl sites for hydroxylation is 1. The van der Waals surface area contributed by atoms with Crippen molar-refractivity contribution in [1.29, 1.82) is 0 Å². The second-order valence-electron chi connectivity index (χ2n) is 5.72. The third kappa shape index (κ3) is 3.23. The number of nitrogens with zero attached hydrogens (tertiary/aromatic N) is 5. The van der Waals surface area contributed by atoms with Gasteiger partial charge in [-0.25, -0.2) is 4.98 Å². The predicted molar refractivity (Wildman–Crippen MR) is 85.7 cm³/mol. The predicted octanol–water partition coefficient (Wildman–Crippen LogP) is 1.30. The van der Waals surface area contributed by atoms with E-state index < -0.39 is 0 Å². The second-order valence-corrected chi connectivity index (χ2v) is 5.72. The Morgan fingerprint density at radius 3 is 3.00 bits per heavy atom. The van der Waals surface area contributed by atoms with Gasteiger partial charge in [0.15, 0.2) is 5.82 Å². The Labute approximate surface area is 140 Å². The molecule has 0 N–H and O–H groups in total. The Morgan fingerprint density at radius 2 is 2.29 bits per heavy atom. The van der Waals surface area contributed by atoms with E-state index in [4.69, 9.17) is 9.26 Å². The SMILES string of the molecule is CCOc1ncccc1C(=O)N1CCN(C)[C@H](c2nc(C)no2)C1. The molecule has 128 valence electrons. The molecule has 0 radical (unpaired) electrons. The highest BCUT2D eigenvalue weighted by molar-refractivity contribution is 5.96. The summed E-state index contributed by atoms with van der Waals surface area (Å²) in [4.78, 5) is 25.3. The first-order chi connectivity index (χ1) is 11.6. The Hall–Kier alpha value is -2.48. The summed E-state index contributed by atoms with van der Waals surface area (Å²) in [5.41, 5.74) is 0.476. The summed E-state index contributed by atoms with van der Waals surface area (Å²) in [7, 11) is 1.99. The van der Waals surface area contributed by atoms with Crippen LogP contribution in [0.4, 0.5) is 0 Å². The van der Waals surface area contributed by atoms with Crippen molar-refractivity contribution in [3.63, 3.8) is 0 Å². The molecule has 0 aliphatic carbocycles. The average Bonchev–Trinajstić information content (AvgIpc) is 3.02. The smallest absolute Gasteiger partial charge is 0.259 e. The highest BCUT2D eigenvalue weighted by atomic mass is 16.5. The summed E-state index contributed by atoms with van der Waals surface area (Å²) in [6.07, 6.45) is 1.62. The Morgan fingerprint density at radius 1 is 1.46 bits per heavy atom. The highest BCUT2D eigenvalue weighted by Crippen LogP contribution is 2.25. The molecule has 1 fully saturated rings. The van der Waals surface area contributed by atoms with Crippen LogP contribution in [0.1, 0.15) is 35.0 Å². The van der Waals surface area contributed by atoms with Gasteiger partial charge in [0.05, 0.1) is 6.61 Å². The maximum atomic E-state index is 12.9. The van der Waals surface area contributed by atoms with Crippen molar-refractivity contribution in [2.75, 3.05) is 33.3 Å². The molecular weight excluding hydrogens is 310 g/mol. The van der Waals surface area contributed by atoms with Crippen LogP contribution in [0.2, 0.25) is 0 Å². The van der Waals surface area contributed by atoms with Crippen LogP contribution in [0.15, 0.2) is 22.9 Å². The van der Waals surface area contributed by atoms with E-state index in [0.717, 1.165) is 6.54 Å². The van der Waals surface area contributed by atoms with Gasteiger partial charge in [0.25, 0.3) is 5.91 Å². The topological polar surface area (TPSA) is 84.6 Å². The van der Waals surface area contributed by atoms with Crippen LogP contribution in [0, 0.1) is 6.92 Å². The third-order valence-electron chi connectivity index (χ3n) is 4.05. The number of hydrogen-bond acceptors (Lipinski definition) is 7. The summed E-state index contributed by atoms with van der Waals surface area (Å²) in [6.45, 7) is 5.94. The van der Waals surface area contributed by atoms with Crippen LogP contribution in [-0.2, 0) is 0 Å². The molecule has 0 spiro atoms. The van der Waals surface area contributed by atoms with Gasteiger partial charge in [-0.3, -0.25) is 9.69 Å². The molecule has 3 rings (SSSR count). The van der Waals surface area contributed by atoms with Crippen LogP contribution in [0.5, 0.6) is 5.88 Å². The lowest BCUT2D eigenvalue weighted by Gasteiger charge is -2.37. The average molecular weight is 331 g/mol. The minimum atomic E-state index is -0.115. The molecule has 1 saturated heterocycles. The van der Waals surface area contributed by atoms with Gasteiger partial charge in [-0.15, -0.1) is 0 Å². The van der Waals surface area contributed by atoms with E-state index in [9.17, 15) is 4.79 Å². The number of carbonyl (C=O) groups is 1. The zero-order valence-electron chi connectivity index (χ0n) is 14.1. The molecule has 1 amide bonds. The van der Waals surface area contributed by atoms with Crippen LogP contribution in [0.3, 0.4) is 0 Å². The lowest BCUT2D eigenvalue weighted by Crippen LogP contribution is -2.49. The molecule has 0 unspecified atom stereocenters. The molecule has 0 bridgehead atoms. The number of amides is 1. The maximum Gasteiger partial charge on any atom is 0.259 e. The van der Waals surface area contributed by atoms with E-state index in [1.54, 1.807) is 30.2 Å². The Balaban J connectivity index is 1.81. The number of rotatable bonds is 4. The Bertz CT molecular complexity index is 717. The number of ether oxygens (including phenoxy) is 1. The van der Waals surface area contributed by atoms with Gasteiger partial charge in [-0.1, -0.05) is 5.16 Å². The molecular formula is C16H21N5O3. The number of likely N-dealkylation sites (N-methyl/N-ethyl adjacent to an activating group) is 1. The molecule has 0 aromatic carbocycles. The first-order valence-corrected chi connectivity index (χ1v) is 7.97. The van der Waals surface area contributed by atoms with Crippen molar-refractivity contribution in [2.24, 2.45) is 0 Å². The first kappa shape index (κ1) is 16.4. The van der Waals surface area contributed by atoms with Crippen LogP contribution in [-0.4, -0.2) is 64.1 Å². The fourth-order valence-electron chi connectivity index (χ4n) is 2.75. The number of piperazine rings is 1. The van der Waals surface area contributed by atoms with Crippen molar-refractivity contribution in [3.8, 4) is 5.88 Å². The van der Waals surface area contributed by atoms with E-state index >= 15 is 0 Å². The molecule has 1 aliphatic rings. The monoisotopic (exact) mass is 331 g/mol. The fraction of sp³-hybridized carbons (Fsp3) is 0.500. The summed E-state index contributed by atoms with van der Waals surface area (Å²) in [5, 5.41) is 3.85. The molecule has 1 atom stereocenters. The van der Waals surface area contributed by atoms with Gasteiger partial charge in [-0.2, -0.15) is 4.98 Å². The van der Waals surface area contributed by atoms with Gasteiger partial charge < -0.3 is 14.2 Å². The van der Waals surface area contributed by atoms with Crippen LogP contribution >= 0.6 is 0 Å². The van der Waals surface area contributed by atoms with Gasteiger partial charge >= 0.3 is 0 Å². The summed E-state index contributed by atoms with van der Waals surface area (Å²) >= 11 is 0. The fourth-order valence-corrected chi connectivity index (χ4v) is 2.75. The van der Waals surface area contributed by atoms with Crippen LogP contribution in [0.25, 0.3) is 0 Å². The second kappa shape index (κ2) is 6.96. The summed E-state index contributed by atoms with van der Waals surface area (Å²) in [5.74, 6) is 1.39. The largest absolute Gasteiger partial charge is 0.477 e. The van der Waals surface area contributed by atoms with Crippen molar-refractivity contribution in [1.82, 2.24) is 24.9 Å². The highest BCUT2D eigenvalue weighted by Gasteiger charge is 2.33. The number of hydrogen-bond donors (Lipinski definition) is 0. The van der Waals surface area contributed by atoms with Gasteiger partial charge in [-0.05, 0) is 33.0 Å². The van der Waals surface area contributed by atoms with Gasteiger partial charge in [0.2, 0.25) is 11.8 Å². The molecule has 2 aromatic heterocycles. The van der Waals surface area contributed by atoms with E-state index in [-0.39, 0.29) is 11.9 Å². The van der Waals surface area contributed by atoms with Crippen molar-refractivity contribution >= 4 is 5.91 Å². The molecule has 24 heavy (non-hydrogen) atoms. The van der Waals surface area contributed by atoms with Crippen molar-refractivity contribution in [2.45, 2.75) is 19.9 Å². The molecule has 0 saturated carbocycles. The molecule has 8 nitrogen and oxygen atoms in total. The van der Waals surface area contributed by atoms with E-state index in [1.807, 2.05) is 14.0 Å². The van der Waals surface area contributed by atoms with E-state index in [0.29, 0.717) is 42.9 Å². The zero-order valence-corrected chi connectivity index (χ0v) is 14.1. The molecule has 8 heteroatoms. The van der Waals surface area contributed by atoms with Crippen molar-refractivity contribution < 1.29 is 14.1 Å². The lowest BCUT2D eigenvalue weighted by atomic mass is 10.1. The van der Waals surface area contributed by atoms with E-state index in [2.05, 4.69) is 20.0 Å². The normalized spacial score (nSPS) is 18.6. The molecule has 2 aromatic rings. The summed E-state index contributed by atoms with van der Waals surface area (Å²) in [6, 6.07) is 3.37. The first-order valence-electron chi connectivity index (χ1n) is 7.97.